The van der Waals surface area contributed by atoms with Crippen molar-refractivity contribution >= 4 is 5.97 Å². The number of likely N-dealkylation sites (N-methyl/N-ethyl adjacent to an activating group) is 1. The molecule has 2 unspecified atom stereocenters. The summed E-state index contributed by atoms with van der Waals surface area (Å²) in [6.45, 7) is 10.5. The van der Waals surface area contributed by atoms with Crippen molar-refractivity contribution in [2.24, 2.45) is 11.8 Å². The minimum Gasteiger partial charge on any atom is -0.480 e. The summed E-state index contributed by atoms with van der Waals surface area (Å²) in [5.41, 5.74) is 0. The van der Waals surface area contributed by atoms with Crippen LogP contribution in [0.15, 0.2) is 0 Å². The van der Waals surface area contributed by atoms with Crippen LogP contribution in [0.2, 0.25) is 0 Å². The lowest BCUT2D eigenvalue weighted by Crippen LogP contribution is -2.37. The normalized spacial score (nSPS) is 23.0. The Morgan fingerprint density at radius 1 is 1.30 bits per heavy atom. The van der Waals surface area contributed by atoms with E-state index in [2.05, 4.69) is 25.7 Å². The van der Waals surface area contributed by atoms with Crippen molar-refractivity contribution in [3.8, 4) is 0 Å². The molecule has 1 heterocycles. The highest BCUT2D eigenvalue weighted by atomic mass is 16.4. The molecule has 118 valence electrons. The number of hydrogen-bond acceptors (Lipinski definition) is 3. The monoisotopic (exact) mass is 284 g/mol. The van der Waals surface area contributed by atoms with E-state index in [4.69, 9.17) is 5.11 Å². The summed E-state index contributed by atoms with van der Waals surface area (Å²) in [6, 6.07) is 0.427. The second-order valence-corrected chi connectivity index (χ2v) is 6.93. The molecule has 0 spiro atoms. The van der Waals surface area contributed by atoms with Gasteiger partial charge < -0.3 is 10.0 Å². The smallest absolute Gasteiger partial charge is 0.317 e. The molecule has 0 bridgehead atoms. The van der Waals surface area contributed by atoms with Crippen LogP contribution in [0.25, 0.3) is 0 Å². The van der Waals surface area contributed by atoms with E-state index in [1.807, 2.05) is 11.9 Å². The molecule has 2 atom stereocenters. The average molecular weight is 284 g/mol. The third-order valence-electron chi connectivity index (χ3n) is 4.24. The number of rotatable bonds is 7. The molecule has 1 N–H and O–H groups in total. The summed E-state index contributed by atoms with van der Waals surface area (Å²) in [5, 5.41) is 8.89. The van der Waals surface area contributed by atoms with E-state index in [-0.39, 0.29) is 6.54 Å². The number of carboxylic acid groups (broad SMARTS) is 1. The van der Waals surface area contributed by atoms with E-state index >= 15 is 0 Å². The van der Waals surface area contributed by atoms with Gasteiger partial charge in [-0.15, -0.1) is 0 Å². The molecule has 1 aliphatic rings. The molecular weight excluding hydrogens is 252 g/mol. The first-order valence-electron chi connectivity index (χ1n) is 8.02. The summed E-state index contributed by atoms with van der Waals surface area (Å²) in [7, 11) is 1.94. The number of likely N-dealkylation sites (tertiary alicyclic amines) is 1. The zero-order valence-electron chi connectivity index (χ0n) is 13.6. The minimum absolute atomic E-state index is 0.161. The maximum absolute atomic E-state index is 10.8. The lowest BCUT2D eigenvalue weighted by molar-refractivity contribution is -0.138. The molecule has 0 radical (unpaired) electrons. The number of carboxylic acids is 1. The zero-order valence-corrected chi connectivity index (χ0v) is 13.6. The van der Waals surface area contributed by atoms with Gasteiger partial charge in [0, 0.05) is 12.6 Å². The topological polar surface area (TPSA) is 43.8 Å². The maximum Gasteiger partial charge on any atom is 0.317 e. The van der Waals surface area contributed by atoms with Gasteiger partial charge in [-0.05, 0) is 57.7 Å². The Hall–Kier alpha value is -0.610. The molecule has 0 aliphatic carbocycles. The van der Waals surface area contributed by atoms with Crippen LogP contribution in [0.5, 0.6) is 0 Å². The first-order chi connectivity index (χ1) is 9.38. The Bertz CT molecular complexity index is 294. The van der Waals surface area contributed by atoms with Crippen LogP contribution in [-0.2, 0) is 4.79 Å². The van der Waals surface area contributed by atoms with E-state index in [0.717, 1.165) is 31.2 Å². The van der Waals surface area contributed by atoms with Gasteiger partial charge in [0.25, 0.3) is 0 Å². The van der Waals surface area contributed by atoms with Gasteiger partial charge in [0.2, 0.25) is 0 Å². The van der Waals surface area contributed by atoms with Gasteiger partial charge >= 0.3 is 5.97 Å². The van der Waals surface area contributed by atoms with Crippen LogP contribution in [0, 0.1) is 11.8 Å². The summed E-state index contributed by atoms with van der Waals surface area (Å²) in [4.78, 5) is 15.4. The maximum atomic E-state index is 10.8. The van der Waals surface area contributed by atoms with Gasteiger partial charge in [0.1, 0.15) is 0 Å². The Morgan fingerprint density at radius 3 is 2.60 bits per heavy atom. The molecule has 0 aromatic rings. The van der Waals surface area contributed by atoms with Crippen molar-refractivity contribution in [2.75, 3.05) is 33.2 Å². The molecule has 1 rings (SSSR count). The average Bonchev–Trinajstić information content (AvgIpc) is 2.52. The molecule has 4 nitrogen and oxygen atoms in total. The van der Waals surface area contributed by atoms with Gasteiger partial charge in [-0.25, -0.2) is 0 Å². The number of carbonyl (C=O) groups is 1. The Morgan fingerprint density at radius 2 is 2.00 bits per heavy atom. The molecule has 4 heteroatoms. The lowest BCUT2D eigenvalue weighted by Gasteiger charge is -2.27. The van der Waals surface area contributed by atoms with E-state index in [1.54, 1.807) is 0 Å². The highest BCUT2D eigenvalue weighted by molar-refractivity contribution is 5.69. The van der Waals surface area contributed by atoms with Crippen molar-refractivity contribution in [1.82, 2.24) is 9.80 Å². The van der Waals surface area contributed by atoms with Gasteiger partial charge in [-0.3, -0.25) is 9.69 Å². The first-order valence-corrected chi connectivity index (χ1v) is 8.02. The fourth-order valence-electron chi connectivity index (χ4n) is 3.42. The summed E-state index contributed by atoms with van der Waals surface area (Å²) < 4.78 is 0. The Kier molecular flexibility index (Phi) is 7.52. The largest absolute Gasteiger partial charge is 0.480 e. The number of nitrogens with zero attached hydrogens (tertiary/aromatic N) is 2. The summed E-state index contributed by atoms with van der Waals surface area (Å²) >= 11 is 0. The van der Waals surface area contributed by atoms with Gasteiger partial charge in [0.05, 0.1) is 6.54 Å². The van der Waals surface area contributed by atoms with Crippen LogP contribution in [0.1, 0.15) is 46.5 Å². The van der Waals surface area contributed by atoms with Crippen molar-refractivity contribution in [2.45, 2.75) is 52.5 Å². The van der Waals surface area contributed by atoms with Crippen LogP contribution in [0.4, 0.5) is 0 Å². The molecule has 1 fully saturated rings. The van der Waals surface area contributed by atoms with E-state index in [1.165, 1.54) is 25.9 Å². The number of aliphatic carboxylic acids is 1. The second-order valence-electron chi connectivity index (χ2n) is 6.93. The zero-order chi connectivity index (χ0) is 15.1. The van der Waals surface area contributed by atoms with Crippen molar-refractivity contribution in [3.63, 3.8) is 0 Å². The Labute approximate surface area is 124 Å². The quantitative estimate of drug-likeness (QED) is 0.780. The standard InChI is InChI=1S/C16H32N2O2/c1-13(2)10-14(3)11-18-8-5-6-15(7-9-18)17(4)12-16(19)20/h13-15H,5-12H2,1-4H3,(H,19,20). The molecule has 0 aromatic heterocycles. The summed E-state index contributed by atoms with van der Waals surface area (Å²) in [5.74, 6) is 0.800. The molecular formula is C16H32N2O2. The third-order valence-corrected chi connectivity index (χ3v) is 4.24. The minimum atomic E-state index is -0.723. The molecule has 0 aromatic carbocycles. The SMILES string of the molecule is CC(C)CC(C)CN1CCCC(N(C)CC(=O)O)CC1. The molecule has 20 heavy (non-hydrogen) atoms. The third kappa shape index (κ3) is 6.71. The predicted molar refractivity (Wildman–Crippen MR) is 83.0 cm³/mol. The molecule has 0 saturated carbocycles. The van der Waals surface area contributed by atoms with Crippen molar-refractivity contribution in [3.05, 3.63) is 0 Å². The lowest BCUT2D eigenvalue weighted by atomic mass is 9.98. The highest BCUT2D eigenvalue weighted by Crippen LogP contribution is 2.18. The molecule has 1 aliphatic heterocycles. The fraction of sp³-hybridized carbons (Fsp3) is 0.938. The van der Waals surface area contributed by atoms with Gasteiger partial charge in [-0.1, -0.05) is 20.8 Å². The van der Waals surface area contributed by atoms with Crippen molar-refractivity contribution in [1.29, 1.82) is 0 Å². The van der Waals surface area contributed by atoms with Crippen molar-refractivity contribution < 1.29 is 9.90 Å². The first kappa shape index (κ1) is 17.4. The number of hydrogen-bond donors (Lipinski definition) is 1. The van der Waals surface area contributed by atoms with E-state index in [0.29, 0.717) is 6.04 Å². The fourth-order valence-corrected chi connectivity index (χ4v) is 3.42. The molecule has 1 saturated heterocycles. The second kappa shape index (κ2) is 8.63. The van der Waals surface area contributed by atoms with Crippen LogP contribution < -0.4 is 0 Å². The van der Waals surface area contributed by atoms with Crippen LogP contribution in [0.3, 0.4) is 0 Å². The summed E-state index contributed by atoms with van der Waals surface area (Å²) in [6.07, 6.45) is 4.69. The predicted octanol–water partition coefficient (Wildman–Crippen LogP) is 2.54. The van der Waals surface area contributed by atoms with Gasteiger partial charge in [0.15, 0.2) is 0 Å². The molecule has 0 amide bonds. The highest BCUT2D eigenvalue weighted by Gasteiger charge is 2.22. The Balaban J connectivity index is 2.37. The van der Waals surface area contributed by atoms with Gasteiger partial charge in [-0.2, -0.15) is 0 Å². The van der Waals surface area contributed by atoms with E-state index < -0.39 is 5.97 Å². The van der Waals surface area contributed by atoms with Crippen LogP contribution in [-0.4, -0.2) is 60.1 Å². The van der Waals surface area contributed by atoms with Crippen LogP contribution >= 0.6 is 0 Å². The van der Waals surface area contributed by atoms with E-state index in [9.17, 15) is 4.79 Å².